The number of hydrogen-bond acceptors (Lipinski definition) is 14. The molecule has 388 valence electrons. The molecule has 25 nitrogen and oxygen atoms in total. The standard InChI is InChI=1S/C43H77N11O14/c1-21(2)15-28(52-41(65)30(17-23(5)6)51-36(60)25(45)20-55)37(61)47-19-33(57)48-29(16-22(3)4)40(64)49-26(11-9-10-14-44)38(62)53-31(18-34(58)59)42(66)50-27(12-13-32(46)56)39(63)54-35(24(7)8)43(67)68/h21-31,35,55H,9-20,44-45H2,1-8H3,(H2,46,56)(H,47,61)(H,48,57)(H,49,64)(H,50,66)(H,51,60)(H,52,65)(H,53,62)(H,54,63)(H,58,59)(H,67,68)/t25-,26-,27-,28-,29-,30-,31-,35-/m0/s1. The van der Waals surface area contributed by atoms with E-state index >= 15 is 0 Å². The monoisotopic (exact) mass is 972 g/mol. The van der Waals surface area contributed by atoms with Gasteiger partial charge in [-0.3, -0.25) is 47.9 Å². The van der Waals surface area contributed by atoms with Crippen LogP contribution in [0.3, 0.4) is 0 Å². The summed E-state index contributed by atoms with van der Waals surface area (Å²) in [5.74, 6) is -11.9. The van der Waals surface area contributed by atoms with Gasteiger partial charge in [-0.05, 0) is 75.2 Å². The van der Waals surface area contributed by atoms with Crippen LogP contribution in [-0.4, -0.2) is 148 Å². The summed E-state index contributed by atoms with van der Waals surface area (Å²) in [6.45, 7) is 12.6. The Hall–Kier alpha value is -5.95. The van der Waals surface area contributed by atoms with Crippen molar-refractivity contribution in [3.8, 4) is 0 Å². The Bertz CT molecular complexity index is 1730. The minimum Gasteiger partial charge on any atom is -0.481 e. The Balaban J connectivity index is 6.34. The van der Waals surface area contributed by atoms with Crippen molar-refractivity contribution in [2.24, 2.45) is 40.9 Å². The molecule has 8 atom stereocenters. The number of nitrogens with one attached hydrogen (secondary N) is 8. The van der Waals surface area contributed by atoms with E-state index in [-0.39, 0.29) is 56.4 Å². The second-order valence-corrected chi connectivity index (χ2v) is 18.3. The molecule has 0 aliphatic heterocycles. The van der Waals surface area contributed by atoms with Crippen LogP contribution in [0, 0.1) is 23.7 Å². The highest BCUT2D eigenvalue weighted by Crippen LogP contribution is 2.12. The molecule has 0 aromatic carbocycles. The first kappa shape index (κ1) is 62.1. The molecule has 0 spiro atoms. The van der Waals surface area contributed by atoms with Crippen LogP contribution in [-0.2, 0) is 52.7 Å². The van der Waals surface area contributed by atoms with Crippen molar-refractivity contribution in [3.05, 3.63) is 0 Å². The second kappa shape index (κ2) is 31.9. The van der Waals surface area contributed by atoms with Gasteiger partial charge in [-0.25, -0.2) is 4.79 Å². The van der Waals surface area contributed by atoms with E-state index in [1.807, 2.05) is 13.8 Å². The lowest BCUT2D eigenvalue weighted by atomic mass is 10.00. The van der Waals surface area contributed by atoms with E-state index in [2.05, 4.69) is 42.5 Å². The molecule has 9 amide bonds. The van der Waals surface area contributed by atoms with Gasteiger partial charge in [-0.2, -0.15) is 0 Å². The zero-order valence-electron chi connectivity index (χ0n) is 40.5. The zero-order valence-corrected chi connectivity index (χ0v) is 40.5. The Morgan fingerprint density at radius 2 is 0.926 bits per heavy atom. The number of carboxylic acid groups (broad SMARTS) is 2. The lowest BCUT2D eigenvalue weighted by Gasteiger charge is -2.27. The van der Waals surface area contributed by atoms with Gasteiger partial charge >= 0.3 is 11.9 Å². The highest BCUT2D eigenvalue weighted by Gasteiger charge is 2.35. The van der Waals surface area contributed by atoms with Gasteiger partial charge in [0.2, 0.25) is 53.2 Å². The van der Waals surface area contributed by atoms with E-state index < -0.39 is 152 Å². The third-order valence-electron chi connectivity index (χ3n) is 10.1. The minimum absolute atomic E-state index is 0.0376. The molecule has 0 saturated carbocycles. The van der Waals surface area contributed by atoms with Crippen molar-refractivity contribution in [2.75, 3.05) is 19.7 Å². The van der Waals surface area contributed by atoms with E-state index in [1.165, 1.54) is 13.8 Å². The van der Waals surface area contributed by atoms with Crippen LogP contribution in [0.1, 0.15) is 113 Å². The maximum absolute atomic E-state index is 13.8. The van der Waals surface area contributed by atoms with Crippen molar-refractivity contribution in [3.63, 3.8) is 0 Å². The molecule has 17 N–H and O–H groups in total. The van der Waals surface area contributed by atoms with Gasteiger partial charge in [0.1, 0.15) is 48.3 Å². The highest BCUT2D eigenvalue weighted by atomic mass is 16.4. The van der Waals surface area contributed by atoms with Crippen molar-refractivity contribution in [2.45, 2.75) is 162 Å². The number of unbranched alkanes of at least 4 members (excludes halogenated alkanes) is 1. The number of aliphatic hydroxyl groups is 1. The van der Waals surface area contributed by atoms with Crippen molar-refractivity contribution in [1.82, 2.24) is 42.5 Å². The van der Waals surface area contributed by atoms with Crippen LogP contribution in [0.25, 0.3) is 0 Å². The van der Waals surface area contributed by atoms with Gasteiger partial charge in [0, 0.05) is 6.42 Å². The summed E-state index contributed by atoms with van der Waals surface area (Å²) in [4.78, 5) is 142. The third kappa shape index (κ3) is 25.3. The van der Waals surface area contributed by atoms with Crippen molar-refractivity contribution in [1.29, 1.82) is 0 Å². The summed E-state index contributed by atoms with van der Waals surface area (Å²) in [6.07, 6.45) is -0.923. The number of primary amides is 1. The number of carbonyl (C=O) groups excluding carboxylic acids is 9. The Labute approximate surface area is 397 Å². The largest absolute Gasteiger partial charge is 0.481 e. The molecular weight excluding hydrogens is 895 g/mol. The number of hydrogen-bond donors (Lipinski definition) is 14. The molecule has 0 fully saturated rings. The van der Waals surface area contributed by atoms with Gasteiger partial charge in [0.15, 0.2) is 0 Å². The fourth-order valence-electron chi connectivity index (χ4n) is 6.56. The molecule has 25 heteroatoms. The van der Waals surface area contributed by atoms with E-state index in [1.54, 1.807) is 27.7 Å². The molecule has 0 saturated heterocycles. The van der Waals surface area contributed by atoms with Crippen LogP contribution in [0.5, 0.6) is 0 Å². The first-order chi connectivity index (χ1) is 31.6. The summed E-state index contributed by atoms with van der Waals surface area (Å²) in [5, 5.41) is 48.0. The quantitative estimate of drug-likeness (QED) is 0.0279. The number of aliphatic carboxylic acids is 2. The van der Waals surface area contributed by atoms with E-state index in [0.717, 1.165) is 0 Å². The second-order valence-electron chi connectivity index (χ2n) is 18.3. The fraction of sp³-hybridized carbons (Fsp3) is 0.744. The molecule has 0 aromatic heterocycles. The molecule has 0 unspecified atom stereocenters. The lowest BCUT2D eigenvalue weighted by molar-refractivity contribution is -0.144. The predicted octanol–water partition coefficient (Wildman–Crippen LogP) is -3.44. The van der Waals surface area contributed by atoms with Crippen LogP contribution in [0.4, 0.5) is 0 Å². The first-order valence-electron chi connectivity index (χ1n) is 22.8. The number of nitrogens with two attached hydrogens (primary N) is 3. The number of aliphatic hydroxyl groups excluding tert-OH is 1. The number of amides is 9. The Kier molecular flexibility index (Phi) is 29.1. The van der Waals surface area contributed by atoms with E-state index in [9.17, 15) is 68.1 Å². The molecule has 0 aromatic rings. The number of carboxylic acids is 2. The summed E-state index contributed by atoms with van der Waals surface area (Å²) in [6, 6.07) is -11.1. The molecular formula is C43H77N11O14. The minimum atomic E-state index is -1.86. The SMILES string of the molecule is CC(C)C[C@H](NC(=O)CNC(=O)[C@H](CC(C)C)NC(=O)[C@H](CC(C)C)NC(=O)[C@@H](N)CO)C(=O)N[C@@H](CCCCN)C(=O)N[C@@H](CC(=O)O)C(=O)N[C@@H](CCC(N)=O)C(=O)N[C@H](C(=O)O)C(C)C. The third-order valence-corrected chi connectivity index (χ3v) is 10.1. The predicted molar refractivity (Wildman–Crippen MR) is 246 cm³/mol. The highest BCUT2D eigenvalue weighted by molar-refractivity contribution is 5.98. The lowest BCUT2D eigenvalue weighted by Crippen LogP contribution is -2.59. The summed E-state index contributed by atoms with van der Waals surface area (Å²) in [5.41, 5.74) is 16.5. The molecule has 0 heterocycles. The van der Waals surface area contributed by atoms with Crippen molar-refractivity contribution < 1.29 is 68.1 Å². The fourth-order valence-corrected chi connectivity index (χ4v) is 6.56. The van der Waals surface area contributed by atoms with Gasteiger partial charge in [-0.15, -0.1) is 0 Å². The van der Waals surface area contributed by atoms with Crippen LogP contribution < -0.4 is 59.7 Å². The maximum atomic E-state index is 13.8. The smallest absolute Gasteiger partial charge is 0.326 e. The van der Waals surface area contributed by atoms with Gasteiger partial charge in [0.25, 0.3) is 0 Å². The topological polar surface area (TPSA) is 423 Å². The molecule has 68 heavy (non-hydrogen) atoms. The molecule has 0 aliphatic carbocycles. The molecule has 0 aliphatic rings. The summed E-state index contributed by atoms with van der Waals surface area (Å²) in [7, 11) is 0. The number of rotatable bonds is 34. The Morgan fingerprint density at radius 3 is 1.37 bits per heavy atom. The van der Waals surface area contributed by atoms with Gasteiger partial charge < -0.3 is 75.1 Å². The summed E-state index contributed by atoms with van der Waals surface area (Å²) < 4.78 is 0. The first-order valence-corrected chi connectivity index (χ1v) is 22.8. The Morgan fingerprint density at radius 1 is 0.515 bits per heavy atom. The molecule has 0 bridgehead atoms. The van der Waals surface area contributed by atoms with Crippen molar-refractivity contribution >= 4 is 65.1 Å². The van der Waals surface area contributed by atoms with E-state index in [0.29, 0.717) is 6.42 Å². The van der Waals surface area contributed by atoms with Crippen LogP contribution in [0.15, 0.2) is 0 Å². The molecule has 0 rings (SSSR count). The molecule has 0 radical (unpaired) electrons. The normalized spacial score (nSPS) is 14.8. The average molecular weight is 972 g/mol. The van der Waals surface area contributed by atoms with Gasteiger partial charge in [0.05, 0.1) is 19.6 Å². The van der Waals surface area contributed by atoms with E-state index in [4.69, 9.17) is 17.2 Å². The number of carbonyl (C=O) groups is 11. The average Bonchev–Trinajstić information content (AvgIpc) is 3.23. The van der Waals surface area contributed by atoms with Gasteiger partial charge in [-0.1, -0.05) is 55.4 Å². The van der Waals surface area contributed by atoms with Crippen LogP contribution in [0.2, 0.25) is 0 Å². The maximum Gasteiger partial charge on any atom is 0.326 e. The van der Waals surface area contributed by atoms with Crippen LogP contribution >= 0.6 is 0 Å². The summed E-state index contributed by atoms with van der Waals surface area (Å²) >= 11 is 0. The zero-order chi connectivity index (χ0) is 52.4.